The van der Waals surface area contributed by atoms with Crippen LogP contribution in [0.4, 0.5) is 30.9 Å². The summed E-state index contributed by atoms with van der Waals surface area (Å²) in [7, 11) is -2.86. The van der Waals surface area contributed by atoms with Crippen LogP contribution in [0, 0.1) is 11.6 Å². The number of nitrogens with one attached hydrogen (secondary N) is 5. The highest BCUT2D eigenvalue weighted by atomic mass is 32.2. The van der Waals surface area contributed by atoms with Crippen LogP contribution >= 0.6 is 0 Å². The maximum absolute atomic E-state index is 15.6. The number of nitrogens with zero attached hydrogens (tertiary/aromatic N) is 7. The summed E-state index contributed by atoms with van der Waals surface area (Å²) in [5.41, 5.74) is 1.58. The summed E-state index contributed by atoms with van der Waals surface area (Å²) in [6.07, 6.45) is 11.1. The number of rotatable bonds is 12. The smallest absolute Gasteiger partial charge is 0.317 e. The monoisotopic (exact) mass is 886 g/mol. The number of carbonyl (C=O) groups is 3. The second-order valence-corrected chi connectivity index (χ2v) is 17.7. The first-order valence-corrected chi connectivity index (χ1v) is 22.3. The Balaban J connectivity index is 0.832. The molecule has 6 N–H and O–H groups in total. The molecular formula is C42H48F2N12O6S. The number of aliphatic hydroxyl groups is 1. The molecule has 0 aliphatic carbocycles. The molecule has 3 aliphatic rings. The van der Waals surface area contributed by atoms with E-state index in [1.54, 1.807) is 37.8 Å². The zero-order valence-electron chi connectivity index (χ0n) is 34.6. The molecule has 0 radical (unpaired) electrons. The normalized spacial score (nSPS) is 19.0. The Hall–Kier alpha value is -6.32. The van der Waals surface area contributed by atoms with Crippen molar-refractivity contribution in [3.63, 3.8) is 0 Å². The van der Waals surface area contributed by atoms with Gasteiger partial charge in [0.2, 0.25) is 17.6 Å². The van der Waals surface area contributed by atoms with E-state index in [0.29, 0.717) is 74.6 Å². The van der Waals surface area contributed by atoms with E-state index in [-0.39, 0.29) is 41.4 Å². The average Bonchev–Trinajstić information content (AvgIpc) is 3.72. The molecule has 18 nitrogen and oxygen atoms in total. The largest absolute Gasteiger partial charge is 0.374 e. The first-order chi connectivity index (χ1) is 30.3. The van der Waals surface area contributed by atoms with Crippen LogP contribution in [0.2, 0.25) is 0 Å². The first kappa shape index (κ1) is 43.3. The number of pyridine rings is 2. The SMILES string of the molecule is CCN(C)S(=O)(=O)Nc1ccc(F)c(C(=O)c2c[nH]c3ncc(-c4cnc(N5CCC(NC(=O)N6CCC(c7ccc(NC8CCC(O)NC8=O)cn7)CC6)CC5)nc4)cc23)c1F. The van der Waals surface area contributed by atoms with E-state index < -0.39 is 51.1 Å². The zero-order valence-corrected chi connectivity index (χ0v) is 35.5. The van der Waals surface area contributed by atoms with Crippen molar-refractivity contribution in [2.75, 3.05) is 54.7 Å². The van der Waals surface area contributed by atoms with Gasteiger partial charge >= 0.3 is 16.2 Å². The number of halogens is 2. The molecule has 3 saturated heterocycles. The van der Waals surface area contributed by atoms with E-state index in [9.17, 15) is 27.9 Å². The number of benzene rings is 1. The topological polar surface area (TPSA) is 231 Å². The molecule has 8 rings (SSSR count). The molecular weight excluding hydrogens is 839 g/mol. The molecule has 21 heteroatoms. The van der Waals surface area contributed by atoms with Gasteiger partial charge in [-0.1, -0.05) is 6.92 Å². The first-order valence-electron chi connectivity index (χ1n) is 20.9. The van der Waals surface area contributed by atoms with Crippen LogP contribution in [-0.2, 0) is 15.0 Å². The standard InChI is InChI=1S/C42H48F2N12O6S/c1-3-54(2)63(61,62)53-33-7-5-31(43)36(37(33)44)38(58)30-23-47-39-29(30)18-25(19-46-39)26-20-48-41(49-21-26)55-16-12-27(13-17-55)51-42(60)56-14-10-24(11-15-56)32-6-4-28(22-45-32)50-34-8-9-35(57)52-40(34)59/h4-7,18-24,27,34-35,50,53,57H,3,8-17H2,1-2H3,(H,46,47)(H,51,60)(H,52,59). The average molecular weight is 887 g/mol. The third-order valence-corrected chi connectivity index (χ3v) is 13.5. The van der Waals surface area contributed by atoms with Crippen molar-refractivity contribution in [2.24, 2.45) is 0 Å². The van der Waals surface area contributed by atoms with Crippen molar-refractivity contribution in [2.45, 2.75) is 69.7 Å². The van der Waals surface area contributed by atoms with Crippen LogP contribution in [-0.4, -0.2) is 123 Å². The third-order valence-electron chi connectivity index (χ3n) is 11.9. The molecule has 3 aliphatic heterocycles. The minimum absolute atomic E-state index is 0.00508. The van der Waals surface area contributed by atoms with Gasteiger partial charge in [0.05, 0.1) is 23.1 Å². The summed E-state index contributed by atoms with van der Waals surface area (Å²) in [6.45, 7) is 4.17. The second kappa shape index (κ2) is 18.2. The number of H-pyrrole nitrogens is 1. The minimum Gasteiger partial charge on any atom is -0.374 e. The Labute approximate surface area is 362 Å². The second-order valence-electron chi connectivity index (χ2n) is 16.0. The fraction of sp³-hybridized carbons (Fsp3) is 0.405. The highest BCUT2D eigenvalue weighted by Crippen LogP contribution is 2.31. The van der Waals surface area contributed by atoms with E-state index >= 15 is 8.78 Å². The van der Waals surface area contributed by atoms with Gasteiger partial charge in [0.15, 0.2) is 5.82 Å². The van der Waals surface area contributed by atoms with Crippen LogP contribution in [0.5, 0.6) is 0 Å². The number of likely N-dealkylation sites (tertiary alicyclic amines) is 1. The highest BCUT2D eigenvalue weighted by Gasteiger charge is 2.31. The van der Waals surface area contributed by atoms with Gasteiger partial charge in [-0.3, -0.25) is 19.3 Å². The van der Waals surface area contributed by atoms with Crippen molar-refractivity contribution in [3.05, 3.63) is 89.8 Å². The molecule has 7 heterocycles. The Bertz CT molecular complexity index is 2600. The van der Waals surface area contributed by atoms with Crippen LogP contribution in [0.25, 0.3) is 22.2 Å². The lowest BCUT2D eigenvalue weighted by Gasteiger charge is -2.36. The van der Waals surface area contributed by atoms with E-state index in [0.717, 1.165) is 40.7 Å². The number of hydrogen-bond donors (Lipinski definition) is 6. The zero-order chi connectivity index (χ0) is 44.4. The van der Waals surface area contributed by atoms with Crippen LogP contribution in [0.3, 0.4) is 0 Å². The maximum Gasteiger partial charge on any atom is 0.317 e. The molecule has 3 amide bonds. The van der Waals surface area contributed by atoms with Crippen molar-refractivity contribution in [1.29, 1.82) is 0 Å². The van der Waals surface area contributed by atoms with E-state index in [1.165, 1.54) is 13.2 Å². The lowest BCUT2D eigenvalue weighted by Crippen LogP contribution is -2.51. The predicted octanol–water partition coefficient (Wildman–Crippen LogP) is 4.10. The lowest BCUT2D eigenvalue weighted by molar-refractivity contribution is -0.127. The maximum atomic E-state index is 15.6. The van der Waals surface area contributed by atoms with E-state index in [1.807, 2.05) is 21.9 Å². The molecule has 0 bridgehead atoms. The number of amides is 3. The molecule has 0 spiro atoms. The Morgan fingerprint density at radius 3 is 2.33 bits per heavy atom. The number of piperidine rings is 3. The van der Waals surface area contributed by atoms with Gasteiger partial charge in [-0.25, -0.2) is 28.5 Å². The van der Waals surface area contributed by atoms with E-state index in [2.05, 4.69) is 45.6 Å². The van der Waals surface area contributed by atoms with Crippen molar-refractivity contribution in [1.82, 2.24) is 44.8 Å². The molecule has 4 aromatic heterocycles. The summed E-state index contributed by atoms with van der Waals surface area (Å²) in [5, 5.41) is 18.8. The number of aromatic amines is 1. The lowest BCUT2D eigenvalue weighted by atomic mass is 9.93. The summed E-state index contributed by atoms with van der Waals surface area (Å²) in [4.78, 5) is 64.0. The van der Waals surface area contributed by atoms with Crippen molar-refractivity contribution < 1.29 is 36.7 Å². The summed E-state index contributed by atoms with van der Waals surface area (Å²) < 4.78 is 58.7. The molecule has 332 valence electrons. The third kappa shape index (κ3) is 9.40. The molecule has 2 unspecified atom stereocenters. The minimum atomic E-state index is -4.15. The summed E-state index contributed by atoms with van der Waals surface area (Å²) >= 11 is 0. The quantitative estimate of drug-likeness (QED) is 0.0974. The Morgan fingerprint density at radius 1 is 0.921 bits per heavy atom. The van der Waals surface area contributed by atoms with Crippen LogP contribution in [0.15, 0.2) is 61.3 Å². The number of fused-ring (bicyclic) bond motifs is 1. The van der Waals surface area contributed by atoms with Crippen molar-refractivity contribution in [3.8, 4) is 11.1 Å². The van der Waals surface area contributed by atoms with E-state index in [4.69, 9.17) is 0 Å². The fourth-order valence-electron chi connectivity index (χ4n) is 8.08. The number of carbonyl (C=O) groups excluding carboxylic acids is 3. The molecule has 63 heavy (non-hydrogen) atoms. The van der Waals surface area contributed by atoms with Crippen LogP contribution < -0.4 is 25.6 Å². The summed E-state index contributed by atoms with van der Waals surface area (Å²) in [5.74, 6) is -3.00. The van der Waals surface area contributed by atoms with Gasteiger partial charge < -0.3 is 35.8 Å². The highest BCUT2D eigenvalue weighted by molar-refractivity contribution is 7.90. The van der Waals surface area contributed by atoms with Gasteiger partial charge in [-0.05, 0) is 68.9 Å². The predicted molar refractivity (Wildman–Crippen MR) is 230 cm³/mol. The number of aromatic nitrogens is 5. The number of hydrogen-bond acceptors (Lipinski definition) is 12. The van der Waals surface area contributed by atoms with Crippen LogP contribution in [0.1, 0.15) is 73.0 Å². The van der Waals surface area contributed by atoms with Gasteiger partial charge in [-0.15, -0.1) is 0 Å². The van der Waals surface area contributed by atoms with Gasteiger partial charge in [0.1, 0.15) is 23.7 Å². The number of urea groups is 1. The number of aliphatic hydroxyl groups excluding tert-OH is 1. The molecule has 3 fully saturated rings. The fourth-order valence-corrected chi connectivity index (χ4v) is 9.01. The molecule has 0 saturated carbocycles. The summed E-state index contributed by atoms with van der Waals surface area (Å²) in [6, 6.07) is 6.77. The van der Waals surface area contributed by atoms with Gasteiger partial charge in [-0.2, -0.15) is 12.7 Å². The Kier molecular flexibility index (Phi) is 12.5. The Morgan fingerprint density at radius 2 is 1.65 bits per heavy atom. The molecule has 2 atom stereocenters. The number of ketones is 1. The van der Waals surface area contributed by atoms with Gasteiger partial charge in [0, 0.05) is 104 Å². The molecule has 5 aromatic rings. The van der Waals surface area contributed by atoms with Crippen molar-refractivity contribution >= 4 is 56.3 Å². The molecule has 1 aromatic carbocycles. The number of anilines is 3. The van der Waals surface area contributed by atoms with Gasteiger partial charge in [0.25, 0.3) is 0 Å².